The second-order valence-corrected chi connectivity index (χ2v) is 10.7. The predicted molar refractivity (Wildman–Crippen MR) is 173 cm³/mol. The van der Waals surface area contributed by atoms with Crippen LogP contribution in [0.4, 0.5) is 0 Å². The fraction of sp³-hybridized carbons (Fsp3) is 0. The van der Waals surface area contributed by atoms with E-state index in [1.54, 1.807) is 0 Å². The van der Waals surface area contributed by atoms with E-state index in [0.29, 0.717) is 0 Å². The summed E-state index contributed by atoms with van der Waals surface area (Å²) in [6, 6.07) is 50.1. The summed E-state index contributed by atoms with van der Waals surface area (Å²) in [5, 5.41) is 7.56. The molecule has 0 saturated heterocycles. The quantitative estimate of drug-likeness (QED) is 0.148. The summed E-state index contributed by atoms with van der Waals surface area (Å²) in [5.74, 6) is 0. The summed E-state index contributed by atoms with van der Waals surface area (Å²) in [4.78, 5) is 0. The van der Waals surface area contributed by atoms with Gasteiger partial charge in [-0.2, -0.15) is 0 Å². The highest BCUT2D eigenvalue weighted by Gasteiger charge is 2.13. The van der Waals surface area contributed by atoms with E-state index in [9.17, 15) is 0 Å². The van der Waals surface area contributed by atoms with Gasteiger partial charge < -0.3 is 0 Å². The van der Waals surface area contributed by atoms with E-state index in [2.05, 4.69) is 168 Å². The smallest absolute Gasteiger partial charge is 0.0332 e. The van der Waals surface area contributed by atoms with Crippen LogP contribution in [0.2, 0.25) is 0 Å². The van der Waals surface area contributed by atoms with Crippen LogP contribution in [0.5, 0.6) is 0 Å². The first-order valence-electron chi connectivity index (χ1n) is 13.2. The third kappa shape index (κ3) is 4.35. The van der Waals surface area contributed by atoms with E-state index < -0.39 is 0 Å². The molecule has 1 heteroatoms. The number of hydrogen-bond acceptors (Lipinski definition) is 0. The lowest BCUT2D eigenvalue weighted by Gasteiger charge is -2.14. The molecular formula is C38H25Br. The van der Waals surface area contributed by atoms with Crippen LogP contribution >= 0.6 is 15.9 Å². The van der Waals surface area contributed by atoms with E-state index in [1.807, 2.05) is 0 Å². The Labute approximate surface area is 237 Å². The molecule has 0 bridgehead atoms. The maximum absolute atomic E-state index is 3.86. The maximum atomic E-state index is 3.86. The first-order chi connectivity index (χ1) is 19.3. The summed E-state index contributed by atoms with van der Waals surface area (Å²) in [7, 11) is 0. The monoisotopic (exact) mass is 560 g/mol. The molecule has 0 fully saturated rings. The second kappa shape index (κ2) is 10.0. The Morgan fingerprint density at radius 3 is 1.44 bits per heavy atom. The van der Waals surface area contributed by atoms with Crippen LogP contribution in [0.15, 0.2) is 144 Å². The lowest BCUT2D eigenvalue weighted by Crippen LogP contribution is -1.87. The molecule has 0 heterocycles. The van der Waals surface area contributed by atoms with Crippen molar-refractivity contribution in [2.24, 2.45) is 0 Å². The molecule has 0 aliphatic rings. The van der Waals surface area contributed by atoms with E-state index in [0.717, 1.165) is 4.47 Å². The van der Waals surface area contributed by atoms with Crippen LogP contribution in [0, 0.1) is 0 Å². The number of rotatable bonds is 4. The van der Waals surface area contributed by atoms with Crippen LogP contribution in [0.1, 0.15) is 11.1 Å². The third-order valence-electron chi connectivity index (χ3n) is 7.54. The molecule has 39 heavy (non-hydrogen) atoms. The van der Waals surface area contributed by atoms with Gasteiger partial charge in [0.1, 0.15) is 0 Å². The molecular weight excluding hydrogens is 536 g/mol. The van der Waals surface area contributed by atoms with Crippen molar-refractivity contribution < 1.29 is 0 Å². The van der Waals surface area contributed by atoms with Gasteiger partial charge in [0.05, 0.1) is 0 Å². The first-order valence-corrected chi connectivity index (χ1v) is 14.0. The minimum absolute atomic E-state index is 1.16. The largest absolute Gasteiger partial charge is 0.0616 e. The van der Waals surface area contributed by atoms with E-state index >= 15 is 0 Å². The highest BCUT2D eigenvalue weighted by molar-refractivity contribution is 9.10. The molecule has 0 aromatic heterocycles. The standard InChI is InChI=1S/C38H25Br/c39-38-35-13-5-3-11-33(35)37(34-12-4-6-14-36(34)38)30-24-20-27(21-25-30)17-16-26-18-22-29(23-19-26)32-15-7-9-28-8-1-2-10-31(28)32/h1-25H/b17-16+. The molecule has 0 saturated carbocycles. The molecule has 0 aliphatic heterocycles. The maximum Gasteiger partial charge on any atom is 0.0332 e. The Balaban J connectivity index is 1.19. The Kier molecular flexibility index (Phi) is 6.07. The fourth-order valence-corrected chi connectivity index (χ4v) is 6.28. The lowest BCUT2D eigenvalue weighted by molar-refractivity contribution is 1.62. The van der Waals surface area contributed by atoms with E-state index in [4.69, 9.17) is 0 Å². The number of halogens is 1. The van der Waals surface area contributed by atoms with Crippen LogP contribution in [0.25, 0.3) is 66.7 Å². The summed E-state index contributed by atoms with van der Waals surface area (Å²) in [6.07, 6.45) is 4.38. The van der Waals surface area contributed by atoms with Crippen molar-refractivity contribution in [1.82, 2.24) is 0 Å². The highest BCUT2D eigenvalue weighted by Crippen LogP contribution is 2.41. The Morgan fingerprint density at radius 2 is 0.846 bits per heavy atom. The number of benzene rings is 7. The molecule has 7 aromatic carbocycles. The molecule has 7 aromatic rings. The van der Waals surface area contributed by atoms with Gasteiger partial charge in [-0.15, -0.1) is 0 Å². The molecule has 0 amide bonds. The normalized spacial score (nSPS) is 11.6. The van der Waals surface area contributed by atoms with Gasteiger partial charge in [0, 0.05) is 4.47 Å². The number of fused-ring (bicyclic) bond motifs is 3. The molecule has 0 N–H and O–H groups in total. The van der Waals surface area contributed by atoms with E-state index in [1.165, 1.54) is 65.7 Å². The second-order valence-electron chi connectivity index (χ2n) is 9.88. The van der Waals surface area contributed by atoms with Crippen molar-refractivity contribution in [1.29, 1.82) is 0 Å². The molecule has 0 unspecified atom stereocenters. The fourth-order valence-electron chi connectivity index (χ4n) is 5.59. The SMILES string of the molecule is Brc1c2ccccc2c(-c2ccc(/C=C/c3ccc(-c4cccc5ccccc45)cc3)cc2)c2ccccc12. The Bertz CT molecular complexity index is 1930. The van der Waals surface area contributed by atoms with Gasteiger partial charge >= 0.3 is 0 Å². The van der Waals surface area contributed by atoms with Gasteiger partial charge in [-0.05, 0) is 81.6 Å². The van der Waals surface area contributed by atoms with Gasteiger partial charge in [0.2, 0.25) is 0 Å². The van der Waals surface area contributed by atoms with Crippen molar-refractivity contribution in [3.05, 3.63) is 155 Å². The predicted octanol–water partition coefficient (Wildman–Crippen LogP) is 11.4. The lowest BCUT2D eigenvalue weighted by atomic mass is 9.91. The zero-order valence-corrected chi connectivity index (χ0v) is 22.9. The van der Waals surface area contributed by atoms with Crippen molar-refractivity contribution in [3.8, 4) is 22.3 Å². The molecule has 0 aliphatic carbocycles. The van der Waals surface area contributed by atoms with Gasteiger partial charge in [0.15, 0.2) is 0 Å². The summed E-state index contributed by atoms with van der Waals surface area (Å²) in [5.41, 5.74) is 7.39. The molecule has 0 nitrogen and oxygen atoms in total. The Hall–Kier alpha value is -4.46. The van der Waals surface area contributed by atoms with Gasteiger partial charge in [-0.25, -0.2) is 0 Å². The number of hydrogen-bond donors (Lipinski definition) is 0. The minimum atomic E-state index is 1.16. The first kappa shape index (κ1) is 23.6. The van der Waals surface area contributed by atoms with Crippen molar-refractivity contribution in [2.75, 3.05) is 0 Å². The molecule has 0 atom stereocenters. The molecule has 184 valence electrons. The van der Waals surface area contributed by atoms with Crippen LogP contribution < -0.4 is 0 Å². The zero-order chi connectivity index (χ0) is 26.2. The van der Waals surface area contributed by atoms with Crippen molar-refractivity contribution in [2.45, 2.75) is 0 Å². The van der Waals surface area contributed by atoms with E-state index in [-0.39, 0.29) is 0 Å². The van der Waals surface area contributed by atoms with Crippen LogP contribution in [0.3, 0.4) is 0 Å². The van der Waals surface area contributed by atoms with Crippen molar-refractivity contribution >= 4 is 60.4 Å². The van der Waals surface area contributed by atoms with Crippen LogP contribution in [-0.4, -0.2) is 0 Å². The van der Waals surface area contributed by atoms with Gasteiger partial charge in [-0.3, -0.25) is 0 Å². The molecule has 0 radical (unpaired) electrons. The van der Waals surface area contributed by atoms with Crippen molar-refractivity contribution in [3.63, 3.8) is 0 Å². The Morgan fingerprint density at radius 1 is 0.385 bits per heavy atom. The topological polar surface area (TPSA) is 0 Å². The summed E-state index contributed by atoms with van der Waals surface area (Å²) < 4.78 is 1.16. The molecule has 0 spiro atoms. The minimum Gasteiger partial charge on any atom is -0.0616 e. The third-order valence-corrected chi connectivity index (χ3v) is 8.40. The molecule has 7 rings (SSSR count). The highest BCUT2D eigenvalue weighted by atomic mass is 79.9. The van der Waals surface area contributed by atoms with Crippen LogP contribution in [-0.2, 0) is 0 Å². The average Bonchev–Trinajstić information content (AvgIpc) is 3.01. The van der Waals surface area contributed by atoms with Gasteiger partial charge in [0.25, 0.3) is 0 Å². The average molecular weight is 562 g/mol. The summed E-state index contributed by atoms with van der Waals surface area (Å²) >= 11 is 3.86. The van der Waals surface area contributed by atoms with Gasteiger partial charge in [-0.1, -0.05) is 152 Å². The zero-order valence-electron chi connectivity index (χ0n) is 21.3. The summed E-state index contributed by atoms with van der Waals surface area (Å²) in [6.45, 7) is 0.